The fraction of sp³-hybridized carbons (Fsp3) is 0. The molecule has 2 heteroatoms. The molecule has 0 unspecified atom stereocenters. The maximum absolute atomic E-state index is 2.51. The number of aromatic nitrogens is 1. The van der Waals surface area contributed by atoms with E-state index < -0.39 is 0 Å². The molecule has 2 heterocycles. The molecule has 0 aliphatic carbocycles. The summed E-state index contributed by atoms with van der Waals surface area (Å²) < 4.78 is 2.45. The zero-order chi connectivity index (χ0) is 35.6. The van der Waals surface area contributed by atoms with Crippen molar-refractivity contribution in [2.45, 2.75) is 0 Å². The topological polar surface area (TPSA) is 8.17 Å². The summed E-state index contributed by atoms with van der Waals surface area (Å²) in [6, 6.07) is 75.2. The largest absolute Gasteiger partial charge is 0.309 e. The van der Waals surface area contributed by atoms with Crippen molar-refractivity contribution < 1.29 is 0 Å². The van der Waals surface area contributed by atoms with Gasteiger partial charge in [0.25, 0.3) is 0 Å². The fourth-order valence-electron chi connectivity index (χ4n) is 8.70. The van der Waals surface area contributed by atoms with E-state index in [1.165, 1.54) is 88.5 Å². The first-order valence-corrected chi connectivity index (χ1v) is 18.6. The van der Waals surface area contributed by atoms with Crippen LogP contribution in [-0.4, -0.2) is 4.57 Å². The predicted molar refractivity (Wildman–Crippen MR) is 228 cm³/mol. The van der Waals surface area contributed by atoms with Gasteiger partial charge in [-0.3, -0.25) is 0 Å². The number of nitrogens with zero attached hydrogens (tertiary/aromatic N) is 2. The summed E-state index contributed by atoms with van der Waals surface area (Å²) in [7, 11) is 0. The molecule has 0 amide bonds. The van der Waals surface area contributed by atoms with Gasteiger partial charge in [0.1, 0.15) is 0 Å². The first-order valence-electron chi connectivity index (χ1n) is 18.6. The summed E-state index contributed by atoms with van der Waals surface area (Å²) in [5.74, 6) is 0. The Bertz CT molecular complexity index is 3000. The lowest BCUT2D eigenvalue weighted by Gasteiger charge is -2.34. The molecule has 0 N–H and O–H groups in total. The molecule has 10 aromatic rings. The highest BCUT2D eigenvalue weighted by Crippen LogP contribution is 2.56. The van der Waals surface area contributed by atoms with Crippen molar-refractivity contribution >= 4 is 49.6 Å². The smallest absolute Gasteiger partial charge is 0.0640 e. The maximum Gasteiger partial charge on any atom is 0.0640 e. The second-order valence-corrected chi connectivity index (χ2v) is 14.1. The summed E-state index contributed by atoms with van der Waals surface area (Å²) in [4.78, 5) is 2.51. The van der Waals surface area contributed by atoms with Crippen LogP contribution in [0.4, 0.5) is 17.1 Å². The Kier molecular flexibility index (Phi) is 6.90. The van der Waals surface area contributed by atoms with Crippen LogP contribution >= 0.6 is 0 Å². The molecule has 0 fully saturated rings. The molecular formula is C52H34N2. The quantitative estimate of drug-likeness (QED) is 0.175. The van der Waals surface area contributed by atoms with Gasteiger partial charge in [-0.15, -0.1) is 0 Å². The Hall–Kier alpha value is -7.16. The molecule has 0 saturated heterocycles. The number of anilines is 3. The average Bonchev–Trinajstić information content (AvgIpc) is 3.59. The number of hydrogen-bond acceptors (Lipinski definition) is 1. The third kappa shape index (κ3) is 4.67. The van der Waals surface area contributed by atoms with Gasteiger partial charge in [0.05, 0.1) is 22.4 Å². The second-order valence-electron chi connectivity index (χ2n) is 14.1. The van der Waals surface area contributed by atoms with Gasteiger partial charge >= 0.3 is 0 Å². The first kappa shape index (κ1) is 30.5. The minimum Gasteiger partial charge on any atom is -0.309 e. The highest BCUT2D eigenvalue weighted by atomic mass is 15.2. The summed E-state index contributed by atoms with van der Waals surface area (Å²) in [6.07, 6.45) is 0. The summed E-state index contributed by atoms with van der Waals surface area (Å²) in [6.45, 7) is 0. The van der Waals surface area contributed by atoms with Crippen molar-refractivity contribution in [3.8, 4) is 50.2 Å². The molecule has 1 aromatic heterocycles. The van der Waals surface area contributed by atoms with E-state index in [1.54, 1.807) is 0 Å². The van der Waals surface area contributed by atoms with Gasteiger partial charge in [-0.05, 0) is 92.9 Å². The van der Waals surface area contributed by atoms with E-state index in [0.29, 0.717) is 0 Å². The Morgan fingerprint density at radius 2 is 0.852 bits per heavy atom. The molecule has 9 aromatic carbocycles. The molecule has 1 aliphatic heterocycles. The van der Waals surface area contributed by atoms with Crippen LogP contribution in [0.3, 0.4) is 0 Å². The maximum atomic E-state index is 2.51. The molecule has 0 atom stereocenters. The number of hydrogen-bond donors (Lipinski definition) is 0. The van der Waals surface area contributed by atoms with Crippen LogP contribution in [0.25, 0.3) is 82.8 Å². The van der Waals surface area contributed by atoms with E-state index in [1.807, 2.05) is 0 Å². The van der Waals surface area contributed by atoms with Crippen LogP contribution in [-0.2, 0) is 0 Å². The summed E-state index contributed by atoms with van der Waals surface area (Å²) in [5.41, 5.74) is 16.8. The van der Waals surface area contributed by atoms with Gasteiger partial charge in [-0.2, -0.15) is 0 Å². The monoisotopic (exact) mass is 686 g/mol. The lowest BCUT2D eigenvalue weighted by Crippen LogP contribution is -2.15. The molecule has 11 rings (SSSR count). The molecule has 0 bridgehead atoms. The van der Waals surface area contributed by atoms with Crippen LogP contribution in [0.1, 0.15) is 0 Å². The highest BCUT2D eigenvalue weighted by molar-refractivity contribution is 6.26. The molecule has 0 saturated carbocycles. The van der Waals surface area contributed by atoms with Gasteiger partial charge in [0.15, 0.2) is 0 Å². The van der Waals surface area contributed by atoms with Crippen LogP contribution in [0.5, 0.6) is 0 Å². The number of benzene rings is 9. The second kappa shape index (κ2) is 12.2. The molecular weight excluding hydrogens is 653 g/mol. The van der Waals surface area contributed by atoms with E-state index in [2.05, 4.69) is 216 Å². The van der Waals surface area contributed by atoms with E-state index in [-0.39, 0.29) is 0 Å². The van der Waals surface area contributed by atoms with Gasteiger partial charge in [0, 0.05) is 33.1 Å². The molecule has 1 aliphatic rings. The molecule has 252 valence electrons. The minimum atomic E-state index is 1.14. The van der Waals surface area contributed by atoms with Gasteiger partial charge in [-0.1, -0.05) is 158 Å². The van der Waals surface area contributed by atoms with Crippen molar-refractivity contribution in [3.05, 3.63) is 206 Å². The lowest BCUT2D eigenvalue weighted by molar-refractivity contribution is 1.18. The predicted octanol–water partition coefficient (Wildman–Crippen LogP) is 14.4. The number of fused-ring (bicyclic) bond motifs is 6. The van der Waals surface area contributed by atoms with Crippen LogP contribution in [0.15, 0.2) is 206 Å². The normalized spacial score (nSPS) is 12.0. The molecule has 0 spiro atoms. The van der Waals surface area contributed by atoms with Gasteiger partial charge in [0.2, 0.25) is 0 Å². The number of para-hydroxylation sites is 1. The van der Waals surface area contributed by atoms with Crippen molar-refractivity contribution in [1.82, 2.24) is 4.57 Å². The van der Waals surface area contributed by atoms with Crippen molar-refractivity contribution in [3.63, 3.8) is 0 Å². The summed E-state index contributed by atoms with van der Waals surface area (Å²) in [5, 5.41) is 5.01. The van der Waals surface area contributed by atoms with Crippen LogP contribution in [0.2, 0.25) is 0 Å². The van der Waals surface area contributed by atoms with Gasteiger partial charge in [-0.25, -0.2) is 0 Å². The zero-order valence-corrected chi connectivity index (χ0v) is 29.5. The molecule has 54 heavy (non-hydrogen) atoms. The lowest BCUT2D eigenvalue weighted by atomic mass is 9.86. The van der Waals surface area contributed by atoms with Crippen molar-refractivity contribution in [2.75, 3.05) is 4.90 Å². The Morgan fingerprint density at radius 3 is 1.56 bits per heavy atom. The standard InChI is InChI=1S/C52H34N2/c1-5-14-35(15-6-1)37-24-27-41(28-25-37)53-47-32-26-39(36-16-7-2-8-17-36)34-46(47)51-49(53)33-31-45-44-30-29-42(38-18-9-3-10-19-38)43-22-13-23-48(50(43)44)54(52(45)51)40-20-11-4-12-21-40/h1-34H. The van der Waals surface area contributed by atoms with E-state index in [0.717, 1.165) is 11.4 Å². The first-order chi connectivity index (χ1) is 26.8. The van der Waals surface area contributed by atoms with E-state index >= 15 is 0 Å². The molecule has 2 nitrogen and oxygen atoms in total. The highest BCUT2D eigenvalue weighted by Gasteiger charge is 2.31. The minimum absolute atomic E-state index is 1.14. The Morgan fingerprint density at radius 1 is 0.296 bits per heavy atom. The third-order valence-corrected chi connectivity index (χ3v) is 11.1. The SMILES string of the molecule is c1ccc(-c2ccc(-n3c4ccc(-c5ccccc5)cc4c4c5c(ccc43)-c3ccc(-c4ccccc4)c4cccc(c34)N5c3ccccc3)cc2)cc1. The average molecular weight is 687 g/mol. The zero-order valence-electron chi connectivity index (χ0n) is 29.5. The van der Waals surface area contributed by atoms with Crippen LogP contribution in [0, 0.1) is 0 Å². The van der Waals surface area contributed by atoms with Gasteiger partial charge < -0.3 is 9.47 Å². The van der Waals surface area contributed by atoms with Crippen molar-refractivity contribution in [1.29, 1.82) is 0 Å². The summed E-state index contributed by atoms with van der Waals surface area (Å²) >= 11 is 0. The molecule has 0 radical (unpaired) electrons. The fourth-order valence-corrected chi connectivity index (χ4v) is 8.70. The van der Waals surface area contributed by atoms with E-state index in [9.17, 15) is 0 Å². The van der Waals surface area contributed by atoms with Crippen LogP contribution < -0.4 is 4.90 Å². The van der Waals surface area contributed by atoms with Crippen molar-refractivity contribution in [2.24, 2.45) is 0 Å². The Labute approximate surface area is 314 Å². The third-order valence-electron chi connectivity index (χ3n) is 11.1. The Balaban J connectivity index is 1.24. The van der Waals surface area contributed by atoms with E-state index in [4.69, 9.17) is 0 Å². The number of rotatable bonds is 5.